The minimum atomic E-state index is 0.316. The van der Waals surface area contributed by atoms with Gasteiger partial charge in [0.15, 0.2) is 0 Å². The summed E-state index contributed by atoms with van der Waals surface area (Å²) < 4.78 is 1.75. The van der Waals surface area contributed by atoms with Gasteiger partial charge in [-0.25, -0.2) is 0 Å². The van der Waals surface area contributed by atoms with Crippen LogP contribution < -0.4 is 5.32 Å². The van der Waals surface area contributed by atoms with Crippen molar-refractivity contribution in [3.8, 4) is 0 Å². The van der Waals surface area contributed by atoms with E-state index in [1.165, 1.54) is 15.6 Å². The highest BCUT2D eigenvalue weighted by molar-refractivity contribution is 8.00. The molecule has 1 aromatic heterocycles. The van der Waals surface area contributed by atoms with E-state index in [0.717, 1.165) is 12.3 Å². The number of fused-ring (bicyclic) bond motifs is 1. The van der Waals surface area contributed by atoms with Gasteiger partial charge in [0.1, 0.15) is 0 Å². The molecule has 2 rings (SSSR count). The van der Waals surface area contributed by atoms with Crippen molar-refractivity contribution in [2.75, 3.05) is 12.3 Å². The summed E-state index contributed by atoms with van der Waals surface area (Å²) in [6, 6.07) is 9.31. The number of thioether (sulfide) groups is 1. The van der Waals surface area contributed by atoms with Crippen molar-refractivity contribution in [1.82, 2.24) is 5.32 Å². The number of benzene rings is 1. The average Bonchev–Trinajstić information content (AvgIpc) is 2.81. The Balaban J connectivity index is 2.25. The molecular weight excluding hydrogens is 270 g/mol. The van der Waals surface area contributed by atoms with Crippen molar-refractivity contribution in [3.63, 3.8) is 0 Å². The third-order valence-electron chi connectivity index (χ3n) is 3.02. The number of nitrogens with one attached hydrogen (secondary N) is 1. The maximum absolute atomic E-state index is 3.64. The van der Waals surface area contributed by atoms with Crippen molar-refractivity contribution in [1.29, 1.82) is 0 Å². The lowest BCUT2D eigenvalue weighted by Gasteiger charge is -2.24. The Hall–Kier alpha value is -0.510. The number of hydrogen-bond donors (Lipinski definition) is 1. The topological polar surface area (TPSA) is 12.0 Å². The van der Waals surface area contributed by atoms with Crippen LogP contribution in [0.4, 0.5) is 0 Å². The molecule has 1 N–H and O–H groups in total. The third-order valence-corrected chi connectivity index (χ3v) is 5.36. The Kier molecular flexibility index (Phi) is 4.93. The molecule has 0 saturated heterocycles. The Morgan fingerprint density at radius 3 is 2.74 bits per heavy atom. The molecule has 2 aromatic rings. The van der Waals surface area contributed by atoms with Gasteiger partial charge in [0.2, 0.25) is 0 Å². The van der Waals surface area contributed by atoms with Crippen molar-refractivity contribution in [2.24, 2.45) is 0 Å². The molecule has 0 saturated carbocycles. The molecule has 1 heterocycles. The number of hydrogen-bond acceptors (Lipinski definition) is 3. The molecule has 0 aliphatic rings. The summed E-state index contributed by atoms with van der Waals surface area (Å²) in [6.07, 6.45) is 0. The van der Waals surface area contributed by atoms with E-state index in [-0.39, 0.29) is 0 Å². The molecule has 104 valence electrons. The van der Waals surface area contributed by atoms with Crippen molar-refractivity contribution in [3.05, 3.63) is 35.2 Å². The Morgan fingerprint density at radius 2 is 2.05 bits per heavy atom. The lowest BCUT2D eigenvalue weighted by Crippen LogP contribution is -2.25. The van der Waals surface area contributed by atoms with Crippen LogP contribution in [0, 0.1) is 0 Å². The van der Waals surface area contributed by atoms with Crippen LogP contribution in [0.2, 0.25) is 0 Å². The lowest BCUT2D eigenvalue weighted by molar-refractivity contribution is 0.607. The smallest absolute Gasteiger partial charge is 0.0426 e. The molecule has 1 aromatic carbocycles. The minimum absolute atomic E-state index is 0.316. The zero-order valence-corrected chi connectivity index (χ0v) is 13.8. The Labute approximate surface area is 124 Å². The first-order chi connectivity index (χ1) is 9.01. The molecule has 1 atom stereocenters. The molecular formula is C16H23NS2. The van der Waals surface area contributed by atoms with Gasteiger partial charge in [-0.15, -0.1) is 11.3 Å². The quantitative estimate of drug-likeness (QED) is 0.824. The fourth-order valence-corrected chi connectivity index (χ4v) is 4.06. The van der Waals surface area contributed by atoms with Gasteiger partial charge < -0.3 is 5.32 Å². The van der Waals surface area contributed by atoms with Crippen LogP contribution in [0.15, 0.2) is 29.6 Å². The molecule has 0 amide bonds. The fourth-order valence-electron chi connectivity index (χ4n) is 2.13. The third kappa shape index (κ3) is 3.98. The largest absolute Gasteiger partial charge is 0.309 e. The van der Waals surface area contributed by atoms with E-state index >= 15 is 0 Å². The van der Waals surface area contributed by atoms with E-state index in [1.54, 1.807) is 0 Å². The second-order valence-electron chi connectivity index (χ2n) is 5.72. The van der Waals surface area contributed by atoms with Gasteiger partial charge in [-0.3, -0.25) is 0 Å². The van der Waals surface area contributed by atoms with Crippen molar-refractivity contribution in [2.45, 2.75) is 38.5 Å². The molecule has 1 nitrogen and oxygen atoms in total. The van der Waals surface area contributed by atoms with Gasteiger partial charge in [0.05, 0.1) is 0 Å². The van der Waals surface area contributed by atoms with Crippen LogP contribution in [0.3, 0.4) is 0 Å². The molecule has 0 bridgehead atoms. The lowest BCUT2D eigenvalue weighted by atomic mass is 10.1. The normalized spacial score (nSPS) is 13.9. The zero-order chi connectivity index (χ0) is 13.9. The first kappa shape index (κ1) is 14.9. The summed E-state index contributed by atoms with van der Waals surface area (Å²) in [5.74, 6) is 1.12. The van der Waals surface area contributed by atoms with Crippen LogP contribution >= 0.6 is 23.1 Å². The average molecular weight is 294 g/mol. The van der Waals surface area contributed by atoms with Crippen molar-refractivity contribution >= 4 is 33.2 Å². The minimum Gasteiger partial charge on any atom is -0.309 e. The van der Waals surface area contributed by atoms with E-state index in [2.05, 4.69) is 62.7 Å². The molecule has 19 heavy (non-hydrogen) atoms. The zero-order valence-electron chi connectivity index (χ0n) is 12.2. The Morgan fingerprint density at radius 1 is 1.26 bits per heavy atom. The molecule has 3 heteroatoms. The summed E-state index contributed by atoms with van der Waals surface area (Å²) in [4.78, 5) is 0. The highest BCUT2D eigenvalue weighted by Gasteiger charge is 2.18. The van der Waals surface area contributed by atoms with Gasteiger partial charge in [0, 0.05) is 21.2 Å². The molecule has 0 aliphatic carbocycles. The highest BCUT2D eigenvalue weighted by atomic mass is 32.2. The molecule has 0 aliphatic heterocycles. The molecule has 1 unspecified atom stereocenters. The van der Waals surface area contributed by atoms with Gasteiger partial charge >= 0.3 is 0 Å². The van der Waals surface area contributed by atoms with Crippen LogP contribution in [-0.2, 0) is 0 Å². The predicted octanol–water partition coefficient (Wildman–Crippen LogP) is 5.08. The van der Waals surface area contributed by atoms with E-state index in [4.69, 9.17) is 0 Å². The summed E-state index contributed by atoms with van der Waals surface area (Å²) in [7, 11) is 0. The second-order valence-corrected chi connectivity index (χ2v) is 8.48. The van der Waals surface area contributed by atoms with Gasteiger partial charge in [0.25, 0.3) is 0 Å². The van der Waals surface area contributed by atoms with E-state index in [0.29, 0.717) is 10.8 Å². The second kappa shape index (κ2) is 6.29. The van der Waals surface area contributed by atoms with Gasteiger partial charge in [-0.2, -0.15) is 11.8 Å². The summed E-state index contributed by atoms with van der Waals surface area (Å²) >= 11 is 3.88. The first-order valence-electron chi connectivity index (χ1n) is 6.84. The van der Waals surface area contributed by atoms with Crippen LogP contribution in [-0.4, -0.2) is 17.0 Å². The SMILES string of the molecule is CCNC(CSC(C)(C)C)c1cccc2ccsc12. The maximum Gasteiger partial charge on any atom is 0.0426 e. The van der Waals surface area contributed by atoms with E-state index in [9.17, 15) is 0 Å². The van der Waals surface area contributed by atoms with Crippen LogP contribution in [0.5, 0.6) is 0 Å². The first-order valence-corrected chi connectivity index (χ1v) is 8.71. The summed E-state index contributed by atoms with van der Waals surface area (Å²) in [6.45, 7) is 10.0. The van der Waals surface area contributed by atoms with Gasteiger partial charge in [-0.1, -0.05) is 45.9 Å². The molecule has 0 spiro atoms. The van der Waals surface area contributed by atoms with Gasteiger partial charge in [-0.05, 0) is 28.9 Å². The molecule has 0 fully saturated rings. The standard InChI is InChI=1S/C16H23NS2/c1-5-17-14(11-19-16(2,3)4)13-8-6-7-12-9-10-18-15(12)13/h6-10,14,17H,5,11H2,1-4H3. The predicted molar refractivity (Wildman–Crippen MR) is 90.5 cm³/mol. The van der Waals surface area contributed by atoms with E-state index in [1.807, 2.05) is 23.1 Å². The van der Waals surface area contributed by atoms with E-state index < -0.39 is 0 Å². The fraction of sp³-hybridized carbons (Fsp3) is 0.500. The molecule has 0 radical (unpaired) electrons. The maximum atomic E-state index is 3.64. The summed E-state index contributed by atoms with van der Waals surface area (Å²) in [5, 5.41) is 7.19. The van der Waals surface area contributed by atoms with Crippen LogP contribution in [0.25, 0.3) is 10.1 Å². The number of rotatable bonds is 5. The number of thiophene rings is 1. The monoisotopic (exact) mass is 293 g/mol. The Bertz CT molecular complexity index is 525. The highest BCUT2D eigenvalue weighted by Crippen LogP contribution is 2.33. The summed E-state index contributed by atoms with van der Waals surface area (Å²) in [5.41, 5.74) is 1.45. The van der Waals surface area contributed by atoms with Crippen LogP contribution in [0.1, 0.15) is 39.3 Å². The van der Waals surface area contributed by atoms with Crippen molar-refractivity contribution < 1.29 is 0 Å².